The molecule has 0 radical (unpaired) electrons. The first-order chi connectivity index (χ1) is 14.4. The molecule has 0 spiro atoms. The van der Waals surface area contributed by atoms with Gasteiger partial charge in [-0.15, -0.1) is 24.8 Å². The molecule has 0 aliphatic carbocycles. The van der Waals surface area contributed by atoms with E-state index in [1.165, 1.54) is 5.56 Å². The second-order valence-electron chi connectivity index (χ2n) is 8.67. The number of benzene rings is 2. The number of phenolic OH excluding ortho intramolecular Hbond substituents is 1. The minimum Gasteiger partial charge on any atom is -0.508 e. The van der Waals surface area contributed by atoms with Gasteiger partial charge in [0, 0.05) is 25.2 Å². The van der Waals surface area contributed by atoms with Crippen molar-refractivity contribution < 1.29 is 9.90 Å². The molecule has 1 fully saturated rings. The van der Waals surface area contributed by atoms with E-state index in [9.17, 15) is 9.90 Å². The van der Waals surface area contributed by atoms with Crippen LogP contribution >= 0.6 is 24.8 Å². The molecule has 2 aromatic rings. The monoisotopic (exact) mass is 481 g/mol. The third-order valence-corrected chi connectivity index (χ3v) is 6.81. The van der Waals surface area contributed by atoms with Crippen LogP contribution in [0, 0.1) is 5.92 Å². The number of halogens is 2. The molecule has 1 heterocycles. The van der Waals surface area contributed by atoms with Gasteiger partial charge < -0.3 is 15.3 Å². The summed E-state index contributed by atoms with van der Waals surface area (Å²) in [5.41, 5.74) is 2.15. The maximum absolute atomic E-state index is 13.5. The van der Waals surface area contributed by atoms with Crippen LogP contribution < -0.4 is 5.32 Å². The molecule has 178 valence electrons. The maximum Gasteiger partial charge on any atom is 0.227 e. The molecule has 1 saturated heterocycles. The zero-order valence-corrected chi connectivity index (χ0v) is 21.1. The van der Waals surface area contributed by atoms with Crippen LogP contribution in [0.15, 0.2) is 54.6 Å². The van der Waals surface area contributed by atoms with Gasteiger partial charge in [-0.1, -0.05) is 49.4 Å². The molecule has 5 nitrogen and oxygen atoms in total. The fourth-order valence-electron chi connectivity index (χ4n) is 4.81. The standard InChI is InChI=1S/C25H35N3O2.2ClH/c1-19(20-9-6-5-7-10-20)23(18-26-2)24(30)28-15-13-25(14-16-28,27(3)4)21-11-8-12-22(29)17-21;;/h5-12,17,19,23,26,29H,13-16,18H2,1-4H3;2*1H. The van der Waals surface area contributed by atoms with Gasteiger partial charge in [-0.25, -0.2) is 0 Å². The number of amides is 1. The molecule has 3 rings (SSSR count). The predicted octanol–water partition coefficient (Wildman–Crippen LogP) is 4.25. The highest BCUT2D eigenvalue weighted by molar-refractivity contribution is 5.85. The molecule has 0 aromatic heterocycles. The summed E-state index contributed by atoms with van der Waals surface area (Å²) in [6.07, 6.45) is 1.70. The zero-order valence-electron chi connectivity index (χ0n) is 19.5. The Bertz CT molecular complexity index is 840. The lowest BCUT2D eigenvalue weighted by Crippen LogP contribution is -2.53. The lowest BCUT2D eigenvalue weighted by atomic mass is 9.79. The zero-order chi connectivity index (χ0) is 21.7. The summed E-state index contributed by atoms with van der Waals surface area (Å²) in [6.45, 7) is 4.25. The molecule has 2 aromatic carbocycles. The highest BCUT2D eigenvalue weighted by Crippen LogP contribution is 2.39. The third-order valence-electron chi connectivity index (χ3n) is 6.81. The molecular weight excluding hydrogens is 445 g/mol. The van der Waals surface area contributed by atoms with Crippen molar-refractivity contribution in [3.8, 4) is 5.75 Å². The van der Waals surface area contributed by atoms with E-state index in [0.29, 0.717) is 19.6 Å². The molecule has 32 heavy (non-hydrogen) atoms. The number of hydrogen-bond donors (Lipinski definition) is 2. The number of nitrogens with zero attached hydrogens (tertiary/aromatic N) is 2. The Balaban J connectivity index is 0.00000256. The van der Waals surface area contributed by atoms with E-state index in [4.69, 9.17) is 0 Å². The van der Waals surface area contributed by atoms with E-state index in [2.05, 4.69) is 49.4 Å². The van der Waals surface area contributed by atoms with Crippen molar-refractivity contribution in [2.75, 3.05) is 40.8 Å². The minimum atomic E-state index is -0.168. The normalized spacial score (nSPS) is 17.1. The van der Waals surface area contributed by atoms with Crippen LogP contribution in [0.25, 0.3) is 0 Å². The van der Waals surface area contributed by atoms with Crippen molar-refractivity contribution in [2.45, 2.75) is 31.2 Å². The highest BCUT2D eigenvalue weighted by Gasteiger charge is 2.41. The molecule has 2 N–H and O–H groups in total. The first-order valence-corrected chi connectivity index (χ1v) is 10.8. The van der Waals surface area contributed by atoms with Crippen LogP contribution in [-0.4, -0.2) is 61.6 Å². The molecule has 2 unspecified atom stereocenters. The molecule has 1 amide bonds. The Morgan fingerprint density at radius 1 is 1.09 bits per heavy atom. The van der Waals surface area contributed by atoms with Crippen LogP contribution in [0.1, 0.15) is 36.8 Å². The summed E-state index contributed by atoms with van der Waals surface area (Å²) in [7, 11) is 6.08. The molecule has 0 bridgehead atoms. The summed E-state index contributed by atoms with van der Waals surface area (Å²) < 4.78 is 0. The van der Waals surface area contributed by atoms with Gasteiger partial charge in [0.2, 0.25) is 5.91 Å². The predicted molar refractivity (Wildman–Crippen MR) is 136 cm³/mol. The molecule has 2 atom stereocenters. The van der Waals surface area contributed by atoms with Gasteiger partial charge in [0.15, 0.2) is 0 Å². The van der Waals surface area contributed by atoms with E-state index in [-0.39, 0.29) is 53.8 Å². The van der Waals surface area contributed by atoms with Gasteiger partial charge in [-0.2, -0.15) is 0 Å². The number of carbonyl (C=O) groups excluding carboxylic acids is 1. The number of nitrogens with one attached hydrogen (secondary N) is 1. The van der Waals surface area contributed by atoms with Crippen LogP contribution in [0.3, 0.4) is 0 Å². The highest BCUT2D eigenvalue weighted by atomic mass is 35.5. The summed E-state index contributed by atoms with van der Waals surface area (Å²) >= 11 is 0. The van der Waals surface area contributed by atoms with Gasteiger partial charge in [-0.05, 0) is 63.2 Å². The Labute approximate surface area is 205 Å². The Morgan fingerprint density at radius 2 is 1.72 bits per heavy atom. The van der Waals surface area contributed by atoms with E-state index in [1.807, 2.05) is 42.3 Å². The quantitative estimate of drug-likeness (QED) is 0.620. The lowest BCUT2D eigenvalue weighted by Gasteiger charge is -2.47. The van der Waals surface area contributed by atoms with Crippen molar-refractivity contribution in [3.63, 3.8) is 0 Å². The first kappa shape index (κ1) is 28.2. The van der Waals surface area contributed by atoms with E-state index < -0.39 is 0 Å². The fourth-order valence-corrected chi connectivity index (χ4v) is 4.81. The van der Waals surface area contributed by atoms with Gasteiger partial charge in [-0.3, -0.25) is 9.69 Å². The number of carbonyl (C=O) groups is 1. The largest absolute Gasteiger partial charge is 0.508 e. The van der Waals surface area contributed by atoms with E-state index in [0.717, 1.165) is 18.4 Å². The van der Waals surface area contributed by atoms with Gasteiger partial charge >= 0.3 is 0 Å². The third kappa shape index (κ3) is 5.96. The van der Waals surface area contributed by atoms with Crippen LogP contribution in [0.5, 0.6) is 5.75 Å². The lowest BCUT2D eigenvalue weighted by molar-refractivity contribution is -0.138. The number of rotatable bonds is 7. The van der Waals surface area contributed by atoms with Crippen LogP contribution in [0.2, 0.25) is 0 Å². The maximum atomic E-state index is 13.5. The number of piperidine rings is 1. The summed E-state index contributed by atoms with van der Waals surface area (Å²) in [6, 6.07) is 17.8. The van der Waals surface area contributed by atoms with Crippen molar-refractivity contribution in [1.29, 1.82) is 0 Å². The molecule has 1 aliphatic rings. The molecule has 1 aliphatic heterocycles. The Hall–Kier alpha value is -1.79. The number of phenols is 1. The van der Waals surface area contributed by atoms with Crippen molar-refractivity contribution in [3.05, 3.63) is 65.7 Å². The van der Waals surface area contributed by atoms with Gasteiger partial charge in [0.25, 0.3) is 0 Å². The summed E-state index contributed by atoms with van der Waals surface area (Å²) in [4.78, 5) is 17.8. The molecule has 0 saturated carbocycles. The van der Waals surface area contributed by atoms with Crippen LogP contribution in [-0.2, 0) is 10.3 Å². The van der Waals surface area contributed by atoms with Gasteiger partial charge in [0.1, 0.15) is 5.75 Å². The smallest absolute Gasteiger partial charge is 0.227 e. The summed E-state index contributed by atoms with van der Waals surface area (Å²) in [5, 5.41) is 13.2. The average Bonchev–Trinajstić information content (AvgIpc) is 2.77. The second-order valence-corrected chi connectivity index (χ2v) is 8.67. The number of likely N-dealkylation sites (tertiary alicyclic amines) is 1. The number of hydrogen-bond acceptors (Lipinski definition) is 4. The van der Waals surface area contributed by atoms with Crippen molar-refractivity contribution in [2.24, 2.45) is 5.92 Å². The first-order valence-electron chi connectivity index (χ1n) is 10.8. The topological polar surface area (TPSA) is 55.8 Å². The Morgan fingerprint density at radius 3 is 2.25 bits per heavy atom. The SMILES string of the molecule is CNCC(C(=O)N1CCC(c2cccc(O)c2)(N(C)C)CC1)C(C)c1ccccc1.Cl.Cl. The molecule has 7 heteroatoms. The van der Waals surface area contributed by atoms with Crippen molar-refractivity contribution in [1.82, 2.24) is 15.1 Å². The van der Waals surface area contributed by atoms with Gasteiger partial charge in [0.05, 0.1) is 5.92 Å². The van der Waals surface area contributed by atoms with E-state index >= 15 is 0 Å². The Kier molecular flexibility index (Phi) is 11.0. The minimum absolute atomic E-state index is 0. The average molecular weight is 482 g/mol. The van der Waals surface area contributed by atoms with Crippen LogP contribution in [0.4, 0.5) is 0 Å². The second kappa shape index (κ2) is 12.4. The summed E-state index contributed by atoms with van der Waals surface area (Å²) in [5.74, 6) is 0.574. The number of aromatic hydroxyl groups is 1. The van der Waals surface area contributed by atoms with E-state index in [1.54, 1.807) is 6.07 Å². The fraction of sp³-hybridized carbons (Fsp3) is 0.480. The van der Waals surface area contributed by atoms with Crippen molar-refractivity contribution >= 4 is 30.7 Å². The molecular formula is C25H37Cl2N3O2.